The summed E-state index contributed by atoms with van der Waals surface area (Å²) in [4.78, 5) is 18.6. The fourth-order valence-corrected chi connectivity index (χ4v) is 3.04. The van der Waals surface area contributed by atoms with Gasteiger partial charge in [-0.15, -0.1) is 0 Å². The van der Waals surface area contributed by atoms with Crippen LogP contribution >= 0.6 is 0 Å². The molecule has 0 atom stereocenters. The number of piperidine rings is 1. The van der Waals surface area contributed by atoms with Crippen LogP contribution in [0.5, 0.6) is 0 Å². The Balaban J connectivity index is 1.50. The van der Waals surface area contributed by atoms with E-state index in [-0.39, 0.29) is 11.9 Å². The summed E-state index contributed by atoms with van der Waals surface area (Å²) in [6, 6.07) is 8.73. The molecule has 1 aliphatic rings. The van der Waals surface area contributed by atoms with Gasteiger partial charge in [0.15, 0.2) is 12.1 Å². The number of hydrogen-bond acceptors (Lipinski definition) is 4. The third-order valence-electron chi connectivity index (χ3n) is 4.54. The van der Waals surface area contributed by atoms with Crippen LogP contribution in [0, 0.1) is 13.8 Å². The van der Waals surface area contributed by atoms with Crippen molar-refractivity contribution in [2.45, 2.75) is 39.3 Å². The molecule has 122 valence electrons. The van der Waals surface area contributed by atoms with E-state index in [1.165, 1.54) is 17.5 Å². The number of amides is 1. The Hall–Kier alpha value is -2.14. The Morgan fingerprint density at radius 2 is 2.04 bits per heavy atom. The molecule has 5 nitrogen and oxygen atoms in total. The Morgan fingerprint density at radius 3 is 2.70 bits per heavy atom. The molecule has 0 saturated carbocycles. The minimum Gasteiger partial charge on any atom is -0.448 e. The van der Waals surface area contributed by atoms with Gasteiger partial charge in [-0.2, -0.15) is 0 Å². The fourth-order valence-electron chi connectivity index (χ4n) is 3.04. The van der Waals surface area contributed by atoms with Crippen LogP contribution in [0.3, 0.4) is 0 Å². The highest BCUT2D eigenvalue weighted by molar-refractivity contribution is 5.93. The van der Waals surface area contributed by atoms with E-state index < -0.39 is 0 Å². The predicted molar refractivity (Wildman–Crippen MR) is 88.2 cm³/mol. The van der Waals surface area contributed by atoms with Crippen LogP contribution in [0.1, 0.15) is 40.2 Å². The molecule has 0 bridgehead atoms. The van der Waals surface area contributed by atoms with Gasteiger partial charge in [0.25, 0.3) is 5.91 Å². The number of aryl methyl sites for hydroxylation is 2. The number of nitrogens with one attached hydrogen (secondary N) is 1. The Kier molecular flexibility index (Phi) is 4.76. The van der Waals surface area contributed by atoms with E-state index in [1.54, 1.807) is 6.92 Å². The number of aromatic nitrogens is 1. The zero-order valence-corrected chi connectivity index (χ0v) is 13.7. The van der Waals surface area contributed by atoms with Crippen molar-refractivity contribution in [2.24, 2.45) is 0 Å². The van der Waals surface area contributed by atoms with Crippen molar-refractivity contribution in [3.8, 4) is 0 Å². The minimum absolute atomic E-state index is 0.131. The van der Waals surface area contributed by atoms with Gasteiger partial charge in [0.1, 0.15) is 5.76 Å². The van der Waals surface area contributed by atoms with Crippen LogP contribution in [-0.4, -0.2) is 34.9 Å². The molecule has 0 aliphatic carbocycles. The van der Waals surface area contributed by atoms with Gasteiger partial charge in [0, 0.05) is 25.7 Å². The van der Waals surface area contributed by atoms with Gasteiger partial charge in [0.2, 0.25) is 0 Å². The molecule has 2 aromatic rings. The number of benzene rings is 1. The standard InChI is InChI=1S/C18H23N3O2/c1-13-5-3-4-6-15(13)11-21-9-7-16(8-10-21)20-18(22)17-14(2)23-12-19-17/h3-6,12,16H,7-11H2,1-2H3,(H,20,22). The third-order valence-corrected chi connectivity index (χ3v) is 4.54. The maximum Gasteiger partial charge on any atom is 0.273 e. The van der Waals surface area contributed by atoms with Gasteiger partial charge in [-0.05, 0) is 37.8 Å². The van der Waals surface area contributed by atoms with Crippen LogP contribution in [0.25, 0.3) is 0 Å². The molecule has 0 spiro atoms. The van der Waals surface area contributed by atoms with E-state index in [9.17, 15) is 4.79 Å². The topological polar surface area (TPSA) is 58.4 Å². The Bertz CT molecular complexity index is 672. The summed E-state index contributed by atoms with van der Waals surface area (Å²) < 4.78 is 5.09. The lowest BCUT2D eigenvalue weighted by atomic mass is 10.0. The Morgan fingerprint density at radius 1 is 1.30 bits per heavy atom. The molecule has 23 heavy (non-hydrogen) atoms. The highest BCUT2D eigenvalue weighted by atomic mass is 16.3. The molecule has 3 rings (SSSR count). The summed E-state index contributed by atoms with van der Waals surface area (Å²) in [5, 5.41) is 3.07. The molecule has 1 aromatic heterocycles. The summed E-state index contributed by atoms with van der Waals surface area (Å²) in [5.74, 6) is 0.438. The van der Waals surface area contributed by atoms with Crippen molar-refractivity contribution in [3.05, 3.63) is 53.2 Å². The van der Waals surface area contributed by atoms with Gasteiger partial charge in [-0.25, -0.2) is 4.98 Å². The lowest BCUT2D eigenvalue weighted by Gasteiger charge is -2.32. The van der Waals surface area contributed by atoms with Gasteiger partial charge >= 0.3 is 0 Å². The first kappa shape index (κ1) is 15.7. The SMILES string of the molecule is Cc1ccccc1CN1CCC(NC(=O)c2ncoc2C)CC1. The maximum absolute atomic E-state index is 12.2. The molecule has 1 aromatic carbocycles. The quantitative estimate of drug-likeness (QED) is 0.943. The van der Waals surface area contributed by atoms with Crippen molar-refractivity contribution in [3.63, 3.8) is 0 Å². The normalized spacial score (nSPS) is 16.4. The van der Waals surface area contributed by atoms with Crippen molar-refractivity contribution in [2.75, 3.05) is 13.1 Å². The van der Waals surface area contributed by atoms with Crippen molar-refractivity contribution >= 4 is 5.91 Å². The lowest BCUT2D eigenvalue weighted by Crippen LogP contribution is -2.44. The van der Waals surface area contributed by atoms with Crippen LogP contribution in [-0.2, 0) is 6.54 Å². The molecule has 1 N–H and O–H groups in total. The van der Waals surface area contributed by atoms with Crippen molar-refractivity contribution < 1.29 is 9.21 Å². The molecule has 2 heterocycles. The highest BCUT2D eigenvalue weighted by Gasteiger charge is 2.23. The molecule has 1 fully saturated rings. The molecule has 0 unspecified atom stereocenters. The average molecular weight is 313 g/mol. The van der Waals surface area contributed by atoms with E-state index in [2.05, 4.69) is 46.4 Å². The van der Waals surface area contributed by atoms with Gasteiger partial charge in [-0.3, -0.25) is 9.69 Å². The highest BCUT2D eigenvalue weighted by Crippen LogP contribution is 2.16. The summed E-state index contributed by atoms with van der Waals surface area (Å²) in [6.45, 7) is 6.89. The second-order valence-corrected chi connectivity index (χ2v) is 6.21. The minimum atomic E-state index is -0.131. The van der Waals surface area contributed by atoms with Crippen molar-refractivity contribution in [1.29, 1.82) is 0 Å². The summed E-state index contributed by atoms with van der Waals surface area (Å²) in [6.07, 6.45) is 3.25. The molecule has 1 aliphatic heterocycles. The molecule has 1 saturated heterocycles. The van der Waals surface area contributed by atoms with E-state index >= 15 is 0 Å². The first-order chi connectivity index (χ1) is 11.1. The van der Waals surface area contributed by atoms with Crippen LogP contribution in [0.15, 0.2) is 35.1 Å². The van der Waals surface area contributed by atoms with E-state index in [0.717, 1.165) is 32.5 Å². The van der Waals surface area contributed by atoms with E-state index in [0.29, 0.717) is 11.5 Å². The number of nitrogens with zero attached hydrogens (tertiary/aromatic N) is 2. The second-order valence-electron chi connectivity index (χ2n) is 6.21. The van der Waals surface area contributed by atoms with Crippen molar-refractivity contribution in [1.82, 2.24) is 15.2 Å². The van der Waals surface area contributed by atoms with Crippen LogP contribution in [0.4, 0.5) is 0 Å². The van der Waals surface area contributed by atoms with Crippen LogP contribution in [0.2, 0.25) is 0 Å². The smallest absolute Gasteiger partial charge is 0.273 e. The number of oxazole rings is 1. The number of carbonyl (C=O) groups is 1. The average Bonchev–Trinajstić information content (AvgIpc) is 2.98. The second kappa shape index (κ2) is 6.96. The zero-order chi connectivity index (χ0) is 16.2. The first-order valence-electron chi connectivity index (χ1n) is 8.11. The molecular formula is C18H23N3O2. The Labute approximate surface area is 136 Å². The monoisotopic (exact) mass is 313 g/mol. The lowest BCUT2D eigenvalue weighted by molar-refractivity contribution is 0.0903. The van der Waals surface area contributed by atoms with E-state index in [4.69, 9.17) is 4.42 Å². The molecule has 0 radical (unpaired) electrons. The van der Waals surface area contributed by atoms with Gasteiger partial charge in [0.05, 0.1) is 0 Å². The van der Waals surface area contributed by atoms with Crippen LogP contribution < -0.4 is 5.32 Å². The summed E-state index contributed by atoms with van der Waals surface area (Å²) >= 11 is 0. The fraction of sp³-hybridized carbons (Fsp3) is 0.444. The number of carbonyl (C=O) groups excluding carboxylic acids is 1. The number of hydrogen-bond donors (Lipinski definition) is 1. The first-order valence-corrected chi connectivity index (χ1v) is 8.11. The summed E-state index contributed by atoms with van der Waals surface area (Å²) in [7, 11) is 0. The molecular weight excluding hydrogens is 290 g/mol. The van der Waals surface area contributed by atoms with Gasteiger partial charge in [-0.1, -0.05) is 24.3 Å². The number of likely N-dealkylation sites (tertiary alicyclic amines) is 1. The van der Waals surface area contributed by atoms with Gasteiger partial charge < -0.3 is 9.73 Å². The maximum atomic E-state index is 12.2. The zero-order valence-electron chi connectivity index (χ0n) is 13.7. The molecule has 5 heteroatoms. The summed E-state index contributed by atoms with van der Waals surface area (Å²) in [5.41, 5.74) is 3.12. The predicted octanol–water partition coefficient (Wildman–Crippen LogP) is 2.69. The number of rotatable bonds is 4. The van der Waals surface area contributed by atoms with E-state index in [1.807, 2.05) is 0 Å². The third kappa shape index (κ3) is 3.79. The molecule has 1 amide bonds. The largest absolute Gasteiger partial charge is 0.448 e.